The van der Waals surface area contributed by atoms with Crippen molar-refractivity contribution in [3.8, 4) is 0 Å². The summed E-state index contributed by atoms with van der Waals surface area (Å²) in [6, 6.07) is 9.33. The lowest BCUT2D eigenvalue weighted by molar-refractivity contribution is -0.136. The summed E-state index contributed by atoms with van der Waals surface area (Å²) in [5.41, 5.74) is 2.87. The number of aliphatic carboxylic acids is 1. The monoisotopic (exact) mass is 343 g/mol. The quantitative estimate of drug-likeness (QED) is 0.763. The summed E-state index contributed by atoms with van der Waals surface area (Å²) in [6.07, 6.45) is 2.43. The lowest BCUT2D eigenvalue weighted by Gasteiger charge is -2.14. The molecule has 1 aromatic carbocycles. The van der Waals surface area contributed by atoms with E-state index in [4.69, 9.17) is 5.11 Å². The fraction of sp³-hybridized carbons (Fsp3) is 0.421. The molecule has 0 aliphatic carbocycles. The van der Waals surface area contributed by atoms with Crippen molar-refractivity contribution in [3.05, 3.63) is 47.3 Å². The summed E-state index contributed by atoms with van der Waals surface area (Å²) in [6.45, 7) is 6.17. The Kier molecular flexibility index (Phi) is 6.33. The van der Waals surface area contributed by atoms with Gasteiger partial charge in [0, 0.05) is 17.8 Å². The van der Waals surface area contributed by atoms with Gasteiger partial charge in [-0.2, -0.15) is 5.10 Å². The number of rotatable bonds is 8. The molecule has 0 radical (unpaired) electrons. The van der Waals surface area contributed by atoms with Crippen LogP contribution >= 0.6 is 0 Å². The van der Waals surface area contributed by atoms with Crippen LogP contribution in [0.2, 0.25) is 0 Å². The number of carboxylic acids is 1. The van der Waals surface area contributed by atoms with E-state index < -0.39 is 5.97 Å². The molecule has 0 aliphatic heterocycles. The number of aromatic nitrogens is 2. The van der Waals surface area contributed by atoms with Gasteiger partial charge >= 0.3 is 5.97 Å². The molecule has 0 unspecified atom stereocenters. The average molecular weight is 343 g/mol. The molecule has 2 N–H and O–H groups in total. The predicted octanol–water partition coefficient (Wildman–Crippen LogP) is 3.82. The van der Waals surface area contributed by atoms with E-state index >= 15 is 0 Å². The summed E-state index contributed by atoms with van der Waals surface area (Å²) in [5, 5.41) is 16.1. The van der Waals surface area contributed by atoms with Crippen LogP contribution in [-0.2, 0) is 11.2 Å². The highest BCUT2D eigenvalue weighted by atomic mass is 16.4. The molecule has 0 spiro atoms. The van der Waals surface area contributed by atoms with Gasteiger partial charge in [0.15, 0.2) is 5.69 Å². The van der Waals surface area contributed by atoms with Crippen molar-refractivity contribution in [2.75, 3.05) is 5.32 Å². The summed E-state index contributed by atoms with van der Waals surface area (Å²) in [5.74, 6) is -1.10. The highest BCUT2D eigenvalue weighted by Gasteiger charge is 2.16. The third-order valence-electron chi connectivity index (χ3n) is 4.26. The van der Waals surface area contributed by atoms with Crippen molar-refractivity contribution in [1.29, 1.82) is 0 Å². The first-order chi connectivity index (χ1) is 11.9. The molecule has 1 amide bonds. The molecule has 1 heterocycles. The number of nitrogens with zero attached hydrogens (tertiary/aromatic N) is 2. The first-order valence-corrected chi connectivity index (χ1v) is 8.62. The van der Waals surface area contributed by atoms with E-state index in [-0.39, 0.29) is 12.3 Å². The Hall–Kier alpha value is -2.63. The number of amides is 1. The predicted molar refractivity (Wildman–Crippen MR) is 96.9 cm³/mol. The number of hydrogen-bond donors (Lipinski definition) is 2. The van der Waals surface area contributed by atoms with Crippen LogP contribution in [0.3, 0.4) is 0 Å². The Morgan fingerprint density at radius 3 is 2.60 bits per heavy atom. The van der Waals surface area contributed by atoms with Gasteiger partial charge in [0.2, 0.25) is 0 Å². The Balaban J connectivity index is 2.11. The van der Waals surface area contributed by atoms with E-state index in [1.807, 2.05) is 17.7 Å². The normalized spacial score (nSPS) is 10.9. The van der Waals surface area contributed by atoms with E-state index in [9.17, 15) is 9.59 Å². The smallest absolute Gasteiger partial charge is 0.303 e. The molecule has 0 bridgehead atoms. The summed E-state index contributed by atoms with van der Waals surface area (Å²) >= 11 is 0. The second-order valence-corrected chi connectivity index (χ2v) is 6.13. The number of anilines is 1. The maximum Gasteiger partial charge on any atom is 0.303 e. The number of benzene rings is 1. The highest BCUT2D eigenvalue weighted by Crippen LogP contribution is 2.19. The van der Waals surface area contributed by atoms with Crippen molar-refractivity contribution >= 4 is 17.6 Å². The van der Waals surface area contributed by atoms with Gasteiger partial charge in [0.05, 0.1) is 6.04 Å². The number of hydrogen-bond acceptors (Lipinski definition) is 3. The molecule has 2 rings (SSSR count). The largest absolute Gasteiger partial charge is 0.481 e. The first kappa shape index (κ1) is 18.7. The van der Waals surface area contributed by atoms with Gasteiger partial charge in [-0.25, -0.2) is 0 Å². The topological polar surface area (TPSA) is 84.2 Å². The Morgan fingerprint density at radius 1 is 1.24 bits per heavy atom. The molecular formula is C19H25N3O3. The minimum atomic E-state index is -0.836. The number of carbonyl (C=O) groups is 2. The van der Waals surface area contributed by atoms with Crippen LogP contribution in [0.25, 0.3) is 0 Å². The van der Waals surface area contributed by atoms with Crippen molar-refractivity contribution in [2.24, 2.45) is 0 Å². The lowest BCUT2D eigenvalue weighted by atomic mass is 10.1. The van der Waals surface area contributed by atoms with Crippen molar-refractivity contribution in [3.63, 3.8) is 0 Å². The molecule has 6 heteroatoms. The van der Waals surface area contributed by atoms with Gasteiger partial charge in [-0.05, 0) is 49.9 Å². The second-order valence-electron chi connectivity index (χ2n) is 6.13. The minimum absolute atomic E-state index is 0.0659. The van der Waals surface area contributed by atoms with E-state index in [0.717, 1.165) is 24.1 Å². The van der Waals surface area contributed by atoms with Crippen LogP contribution < -0.4 is 5.32 Å². The van der Waals surface area contributed by atoms with Crippen molar-refractivity contribution in [2.45, 2.75) is 52.5 Å². The van der Waals surface area contributed by atoms with Crippen LogP contribution in [-0.4, -0.2) is 26.8 Å². The summed E-state index contributed by atoms with van der Waals surface area (Å²) in [4.78, 5) is 23.2. The minimum Gasteiger partial charge on any atom is -0.481 e. The van der Waals surface area contributed by atoms with Gasteiger partial charge < -0.3 is 10.4 Å². The fourth-order valence-corrected chi connectivity index (χ4v) is 2.85. The Bertz CT molecular complexity index is 748. The van der Waals surface area contributed by atoms with Crippen LogP contribution in [0.4, 0.5) is 5.69 Å². The van der Waals surface area contributed by atoms with Gasteiger partial charge in [-0.1, -0.05) is 26.0 Å². The van der Waals surface area contributed by atoms with Gasteiger partial charge in [-0.15, -0.1) is 0 Å². The van der Waals surface area contributed by atoms with Crippen molar-refractivity contribution < 1.29 is 14.7 Å². The fourth-order valence-electron chi connectivity index (χ4n) is 2.85. The van der Waals surface area contributed by atoms with Crippen molar-refractivity contribution in [1.82, 2.24) is 9.78 Å². The molecule has 25 heavy (non-hydrogen) atoms. The standard InChI is InChI=1S/C19H25N3O3/c1-4-16(5-2)22-13(3)11-17(21-22)19(25)20-15-8-6-7-14(12-15)9-10-18(23)24/h6-8,11-12,16H,4-5,9-10H2,1-3H3,(H,20,25)(H,23,24). The zero-order valence-electron chi connectivity index (χ0n) is 15.0. The van der Waals surface area contributed by atoms with Crippen LogP contribution in [0.15, 0.2) is 30.3 Å². The van der Waals surface area contributed by atoms with E-state index in [0.29, 0.717) is 23.8 Å². The van der Waals surface area contributed by atoms with E-state index in [2.05, 4.69) is 24.3 Å². The lowest BCUT2D eigenvalue weighted by Crippen LogP contribution is -2.15. The molecule has 6 nitrogen and oxygen atoms in total. The van der Waals surface area contributed by atoms with E-state index in [1.165, 1.54) is 0 Å². The Labute approximate surface area is 147 Å². The number of aryl methyl sites for hydroxylation is 2. The molecule has 2 aromatic rings. The first-order valence-electron chi connectivity index (χ1n) is 8.62. The molecule has 0 atom stereocenters. The SMILES string of the molecule is CCC(CC)n1nc(C(=O)Nc2cccc(CCC(=O)O)c2)cc1C. The molecular weight excluding hydrogens is 318 g/mol. The zero-order valence-corrected chi connectivity index (χ0v) is 15.0. The average Bonchev–Trinajstić information content (AvgIpc) is 2.97. The molecule has 1 aromatic heterocycles. The molecule has 0 fully saturated rings. The maximum absolute atomic E-state index is 12.5. The molecule has 0 saturated heterocycles. The van der Waals surface area contributed by atoms with Gasteiger partial charge in [0.1, 0.15) is 0 Å². The zero-order chi connectivity index (χ0) is 18.4. The maximum atomic E-state index is 12.5. The van der Waals surface area contributed by atoms with Gasteiger partial charge in [-0.3, -0.25) is 14.3 Å². The molecule has 0 aliphatic rings. The summed E-state index contributed by atoms with van der Waals surface area (Å²) in [7, 11) is 0. The van der Waals surface area contributed by atoms with E-state index in [1.54, 1.807) is 24.3 Å². The van der Waals surface area contributed by atoms with Crippen LogP contribution in [0, 0.1) is 6.92 Å². The molecule has 0 saturated carbocycles. The number of carbonyl (C=O) groups excluding carboxylic acids is 1. The van der Waals surface area contributed by atoms with Crippen LogP contribution in [0.5, 0.6) is 0 Å². The highest BCUT2D eigenvalue weighted by molar-refractivity contribution is 6.02. The third-order valence-corrected chi connectivity index (χ3v) is 4.26. The van der Waals surface area contributed by atoms with Crippen LogP contribution in [0.1, 0.15) is 60.9 Å². The number of nitrogens with one attached hydrogen (secondary N) is 1. The third kappa shape index (κ3) is 4.92. The number of carboxylic acid groups (broad SMARTS) is 1. The Morgan fingerprint density at radius 2 is 1.96 bits per heavy atom. The molecule has 134 valence electrons. The van der Waals surface area contributed by atoms with Gasteiger partial charge in [0.25, 0.3) is 5.91 Å². The summed E-state index contributed by atoms with van der Waals surface area (Å²) < 4.78 is 1.91. The second kappa shape index (κ2) is 8.46.